The lowest BCUT2D eigenvalue weighted by Crippen LogP contribution is -2.69. The SMILES string of the molecule is CC(=O)OC1CC2CC1C1C3CC(C21)C1C3C(=O)N1C(=O)C(C)(C)C. The number of amides is 2. The molecule has 9 atom stereocenters. The normalized spacial score (nSPS) is 49.0. The van der Waals surface area contributed by atoms with E-state index in [4.69, 9.17) is 4.74 Å². The standard InChI is InChI=1S/C20H27NO4/c1-8(22)25-13-6-9-5-10(13)15-11-7-12(14(9)15)17-16(11)18(23)21(17)19(24)20(2,3)4/h9-17H,5-7H2,1-4H3. The van der Waals surface area contributed by atoms with E-state index in [9.17, 15) is 14.4 Å². The van der Waals surface area contributed by atoms with Crippen LogP contribution in [0.3, 0.4) is 0 Å². The van der Waals surface area contributed by atoms with Crippen molar-refractivity contribution >= 4 is 17.8 Å². The molecule has 4 saturated carbocycles. The summed E-state index contributed by atoms with van der Waals surface area (Å²) < 4.78 is 5.58. The van der Waals surface area contributed by atoms with Gasteiger partial charge in [-0.05, 0) is 54.8 Å². The lowest BCUT2D eigenvalue weighted by atomic mass is 9.61. The van der Waals surface area contributed by atoms with Crippen LogP contribution in [0.5, 0.6) is 0 Å². The summed E-state index contributed by atoms with van der Waals surface area (Å²) in [7, 11) is 0. The zero-order chi connectivity index (χ0) is 17.8. The highest BCUT2D eigenvalue weighted by Gasteiger charge is 2.75. The number of imide groups is 1. The molecule has 1 heterocycles. The minimum atomic E-state index is -0.503. The quantitative estimate of drug-likeness (QED) is 0.415. The Bertz CT molecular complexity index is 680. The molecule has 136 valence electrons. The van der Waals surface area contributed by atoms with Crippen LogP contribution in [0, 0.1) is 46.8 Å². The Labute approximate surface area is 148 Å². The van der Waals surface area contributed by atoms with Gasteiger partial charge in [0.2, 0.25) is 11.8 Å². The molecule has 1 aliphatic heterocycles. The number of likely N-dealkylation sites (tertiary alicyclic amines) is 1. The molecule has 0 radical (unpaired) electrons. The third-order valence-corrected chi connectivity index (χ3v) is 7.87. The summed E-state index contributed by atoms with van der Waals surface area (Å²) in [5.41, 5.74) is -0.503. The first-order valence-corrected chi connectivity index (χ1v) is 9.75. The molecule has 9 unspecified atom stereocenters. The molecule has 4 bridgehead atoms. The first-order valence-electron chi connectivity index (χ1n) is 9.75. The van der Waals surface area contributed by atoms with Crippen LogP contribution < -0.4 is 0 Å². The van der Waals surface area contributed by atoms with Gasteiger partial charge in [-0.3, -0.25) is 19.3 Å². The molecule has 4 aliphatic carbocycles. The Morgan fingerprint density at radius 2 is 1.76 bits per heavy atom. The highest BCUT2D eigenvalue weighted by Crippen LogP contribution is 2.72. The molecule has 0 N–H and O–H groups in total. The van der Waals surface area contributed by atoms with Crippen molar-refractivity contribution in [3.05, 3.63) is 0 Å². The number of esters is 1. The summed E-state index contributed by atoms with van der Waals surface area (Å²) >= 11 is 0. The van der Waals surface area contributed by atoms with E-state index in [-0.39, 0.29) is 35.8 Å². The topological polar surface area (TPSA) is 63.7 Å². The predicted molar refractivity (Wildman–Crippen MR) is 88.9 cm³/mol. The Morgan fingerprint density at radius 3 is 2.40 bits per heavy atom. The van der Waals surface area contributed by atoms with Gasteiger partial charge < -0.3 is 4.74 Å². The van der Waals surface area contributed by atoms with E-state index >= 15 is 0 Å². The van der Waals surface area contributed by atoms with Crippen LogP contribution in [0.2, 0.25) is 0 Å². The van der Waals surface area contributed by atoms with Crippen LogP contribution >= 0.6 is 0 Å². The van der Waals surface area contributed by atoms with Crippen LogP contribution in [0.1, 0.15) is 47.0 Å². The van der Waals surface area contributed by atoms with Gasteiger partial charge in [0.1, 0.15) is 6.10 Å². The second-order valence-electron chi connectivity index (χ2n) is 10.0. The summed E-state index contributed by atoms with van der Waals surface area (Å²) in [6, 6.07) is 0.150. The first kappa shape index (κ1) is 15.8. The number of hydrogen-bond donors (Lipinski definition) is 0. The second-order valence-corrected chi connectivity index (χ2v) is 10.0. The van der Waals surface area contributed by atoms with E-state index < -0.39 is 5.41 Å². The molecule has 25 heavy (non-hydrogen) atoms. The molecule has 1 saturated heterocycles. The Morgan fingerprint density at radius 1 is 1.04 bits per heavy atom. The molecule has 0 aromatic heterocycles. The number of hydrogen-bond acceptors (Lipinski definition) is 4. The molecule has 0 aromatic rings. The molecule has 5 nitrogen and oxygen atoms in total. The van der Waals surface area contributed by atoms with Gasteiger partial charge in [-0.2, -0.15) is 0 Å². The third kappa shape index (κ3) is 1.82. The number of fused-ring (bicyclic) bond motifs is 12. The lowest BCUT2D eigenvalue weighted by molar-refractivity contribution is -0.181. The summed E-state index contributed by atoms with van der Waals surface area (Å²) in [6.45, 7) is 7.18. The van der Waals surface area contributed by atoms with Crippen molar-refractivity contribution in [2.24, 2.45) is 46.8 Å². The number of β-lactam (4-membered cyclic amide) rings is 1. The molecule has 5 rings (SSSR count). The average molecular weight is 345 g/mol. The first-order chi connectivity index (χ1) is 11.7. The van der Waals surface area contributed by atoms with Gasteiger partial charge in [0.05, 0.1) is 12.0 Å². The molecular weight excluding hydrogens is 318 g/mol. The second kappa shape index (κ2) is 4.66. The Kier molecular flexibility index (Phi) is 2.95. The fourth-order valence-electron chi connectivity index (χ4n) is 7.38. The number of ether oxygens (including phenoxy) is 1. The van der Waals surface area contributed by atoms with Crippen LogP contribution in [0.4, 0.5) is 0 Å². The van der Waals surface area contributed by atoms with E-state index in [2.05, 4.69) is 0 Å². The van der Waals surface area contributed by atoms with E-state index in [1.54, 1.807) is 4.90 Å². The highest BCUT2D eigenvalue weighted by molar-refractivity contribution is 6.04. The van der Waals surface area contributed by atoms with Crippen molar-refractivity contribution < 1.29 is 19.1 Å². The van der Waals surface area contributed by atoms with Gasteiger partial charge in [0.15, 0.2) is 0 Å². The predicted octanol–water partition coefficient (Wildman–Crippen LogP) is 2.24. The number of carbonyl (C=O) groups is 3. The Balaban J connectivity index is 1.41. The molecule has 5 heteroatoms. The molecule has 5 fully saturated rings. The summed E-state index contributed by atoms with van der Waals surface area (Å²) in [6.07, 6.45) is 3.27. The van der Waals surface area contributed by atoms with Gasteiger partial charge in [0, 0.05) is 12.3 Å². The minimum Gasteiger partial charge on any atom is -0.462 e. The van der Waals surface area contributed by atoms with E-state index in [0.29, 0.717) is 35.5 Å². The van der Waals surface area contributed by atoms with Crippen molar-refractivity contribution in [1.82, 2.24) is 4.90 Å². The molecule has 2 amide bonds. The van der Waals surface area contributed by atoms with Crippen molar-refractivity contribution in [1.29, 1.82) is 0 Å². The van der Waals surface area contributed by atoms with Gasteiger partial charge in [0.25, 0.3) is 0 Å². The fraction of sp³-hybridized carbons (Fsp3) is 0.850. The van der Waals surface area contributed by atoms with Crippen molar-refractivity contribution in [3.8, 4) is 0 Å². The highest BCUT2D eigenvalue weighted by atomic mass is 16.5. The fourth-order valence-corrected chi connectivity index (χ4v) is 7.38. The van der Waals surface area contributed by atoms with E-state index in [0.717, 1.165) is 19.3 Å². The monoisotopic (exact) mass is 345 g/mol. The molecule has 0 aromatic carbocycles. The lowest BCUT2D eigenvalue weighted by Gasteiger charge is -2.55. The van der Waals surface area contributed by atoms with Gasteiger partial charge in [-0.15, -0.1) is 0 Å². The van der Waals surface area contributed by atoms with Crippen molar-refractivity contribution in [2.75, 3.05) is 0 Å². The number of nitrogens with zero attached hydrogens (tertiary/aromatic N) is 1. The average Bonchev–Trinajstić information content (AvgIpc) is 3.19. The molecule has 5 aliphatic rings. The zero-order valence-electron chi connectivity index (χ0n) is 15.4. The summed E-state index contributed by atoms with van der Waals surface area (Å²) in [5.74, 6) is 3.02. The van der Waals surface area contributed by atoms with Crippen molar-refractivity contribution in [2.45, 2.75) is 59.1 Å². The molecular formula is C20H27NO4. The van der Waals surface area contributed by atoms with Gasteiger partial charge >= 0.3 is 5.97 Å². The smallest absolute Gasteiger partial charge is 0.302 e. The van der Waals surface area contributed by atoms with Gasteiger partial charge in [-0.1, -0.05) is 20.8 Å². The Hall–Kier alpha value is -1.39. The maximum atomic E-state index is 12.8. The zero-order valence-corrected chi connectivity index (χ0v) is 15.4. The third-order valence-electron chi connectivity index (χ3n) is 7.87. The van der Waals surface area contributed by atoms with Crippen LogP contribution in [0.15, 0.2) is 0 Å². The van der Waals surface area contributed by atoms with E-state index in [1.165, 1.54) is 6.92 Å². The maximum Gasteiger partial charge on any atom is 0.302 e. The van der Waals surface area contributed by atoms with E-state index in [1.807, 2.05) is 20.8 Å². The van der Waals surface area contributed by atoms with Crippen molar-refractivity contribution in [3.63, 3.8) is 0 Å². The van der Waals surface area contributed by atoms with Gasteiger partial charge in [-0.25, -0.2) is 0 Å². The van der Waals surface area contributed by atoms with Crippen LogP contribution in [-0.4, -0.2) is 34.8 Å². The summed E-state index contributed by atoms with van der Waals surface area (Å²) in [4.78, 5) is 38.6. The maximum absolute atomic E-state index is 12.8. The largest absolute Gasteiger partial charge is 0.462 e. The summed E-state index contributed by atoms with van der Waals surface area (Å²) in [5, 5.41) is 0. The number of rotatable bonds is 1. The number of carbonyl (C=O) groups excluding carboxylic acids is 3. The molecule has 0 spiro atoms. The van der Waals surface area contributed by atoms with Crippen LogP contribution in [-0.2, 0) is 19.1 Å². The van der Waals surface area contributed by atoms with Crippen LogP contribution in [0.25, 0.3) is 0 Å². The minimum absolute atomic E-state index is 0.0104.